The third-order valence-electron chi connectivity index (χ3n) is 3.16. The minimum Gasteiger partial charge on any atom is -0.444 e. The van der Waals surface area contributed by atoms with E-state index in [1.165, 1.54) is 0 Å². The minimum atomic E-state index is -0.424. The first kappa shape index (κ1) is 16.2. The average molecular weight is 272 g/mol. The van der Waals surface area contributed by atoms with Crippen LogP contribution in [0.4, 0.5) is 4.79 Å². The second-order valence-corrected chi connectivity index (χ2v) is 6.17. The van der Waals surface area contributed by atoms with E-state index in [4.69, 9.17) is 9.47 Å². The van der Waals surface area contributed by atoms with Gasteiger partial charge in [-0.3, -0.25) is 4.90 Å². The Kier molecular flexibility index (Phi) is 6.07. The van der Waals surface area contributed by atoms with Gasteiger partial charge in [0.2, 0.25) is 0 Å². The molecule has 0 aromatic heterocycles. The normalized spacial score (nSPS) is 21.5. The standard InChI is InChI=1S/C14H28N2O3/c1-12-11-15(7-6-10-18-5)8-9-16(12)13(17)19-14(2,3)4/h12H,6-11H2,1-5H3. The Labute approximate surface area is 116 Å². The first-order valence-electron chi connectivity index (χ1n) is 7.04. The molecule has 1 rings (SSSR count). The lowest BCUT2D eigenvalue weighted by Gasteiger charge is -2.40. The maximum Gasteiger partial charge on any atom is 0.410 e. The van der Waals surface area contributed by atoms with Crippen LogP contribution in [0.2, 0.25) is 0 Å². The average Bonchev–Trinajstić information content (AvgIpc) is 2.27. The number of methoxy groups -OCH3 is 1. The van der Waals surface area contributed by atoms with Crippen LogP contribution in [0.3, 0.4) is 0 Å². The Morgan fingerprint density at radius 3 is 2.53 bits per heavy atom. The molecule has 0 aromatic rings. The third kappa shape index (κ3) is 5.78. The predicted octanol–water partition coefficient (Wildman–Crippen LogP) is 1.96. The van der Waals surface area contributed by atoms with E-state index in [9.17, 15) is 4.79 Å². The molecule has 1 amide bonds. The molecule has 1 saturated heterocycles. The molecule has 0 aliphatic carbocycles. The van der Waals surface area contributed by atoms with Gasteiger partial charge in [-0.25, -0.2) is 4.79 Å². The highest BCUT2D eigenvalue weighted by atomic mass is 16.6. The van der Waals surface area contributed by atoms with Crippen molar-refractivity contribution in [3.05, 3.63) is 0 Å². The van der Waals surface area contributed by atoms with Gasteiger partial charge in [-0.1, -0.05) is 0 Å². The summed E-state index contributed by atoms with van der Waals surface area (Å²) in [5, 5.41) is 0. The molecule has 1 aliphatic rings. The van der Waals surface area contributed by atoms with Crippen LogP contribution in [0.25, 0.3) is 0 Å². The van der Waals surface area contributed by atoms with Crippen molar-refractivity contribution in [1.29, 1.82) is 0 Å². The Bertz CT molecular complexity index is 289. The SMILES string of the molecule is COCCCN1CCN(C(=O)OC(C)(C)C)C(C)C1. The van der Waals surface area contributed by atoms with E-state index >= 15 is 0 Å². The molecule has 0 aromatic carbocycles. The molecule has 0 radical (unpaired) electrons. The second kappa shape index (κ2) is 7.10. The number of carbonyl (C=O) groups is 1. The van der Waals surface area contributed by atoms with E-state index in [0.717, 1.165) is 39.2 Å². The zero-order chi connectivity index (χ0) is 14.5. The van der Waals surface area contributed by atoms with E-state index in [0.29, 0.717) is 0 Å². The van der Waals surface area contributed by atoms with Crippen LogP contribution in [0.15, 0.2) is 0 Å². The number of carbonyl (C=O) groups excluding carboxylic acids is 1. The summed E-state index contributed by atoms with van der Waals surface area (Å²) in [7, 11) is 1.73. The Morgan fingerprint density at radius 1 is 1.32 bits per heavy atom. The molecule has 0 spiro atoms. The van der Waals surface area contributed by atoms with Crippen molar-refractivity contribution in [1.82, 2.24) is 9.80 Å². The highest BCUT2D eigenvalue weighted by Crippen LogP contribution is 2.15. The summed E-state index contributed by atoms with van der Waals surface area (Å²) in [5.41, 5.74) is -0.424. The minimum absolute atomic E-state index is 0.198. The molecule has 5 nitrogen and oxygen atoms in total. The fraction of sp³-hybridized carbons (Fsp3) is 0.929. The highest BCUT2D eigenvalue weighted by molar-refractivity contribution is 5.68. The first-order chi connectivity index (χ1) is 8.83. The Morgan fingerprint density at radius 2 is 2.00 bits per heavy atom. The van der Waals surface area contributed by atoms with Crippen LogP contribution in [-0.2, 0) is 9.47 Å². The third-order valence-corrected chi connectivity index (χ3v) is 3.16. The van der Waals surface area contributed by atoms with Crippen LogP contribution >= 0.6 is 0 Å². The smallest absolute Gasteiger partial charge is 0.410 e. The van der Waals surface area contributed by atoms with Crippen molar-refractivity contribution < 1.29 is 14.3 Å². The Hall–Kier alpha value is -0.810. The number of piperazine rings is 1. The molecule has 5 heteroatoms. The molecule has 1 aliphatic heterocycles. The van der Waals surface area contributed by atoms with Gasteiger partial charge in [0.15, 0.2) is 0 Å². The summed E-state index contributed by atoms with van der Waals surface area (Å²) < 4.78 is 10.5. The first-order valence-corrected chi connectivity index (χ1v) is 7.04. The van der Waals surface area contributed by atoms with Gasteiger partial charge in [-0.15, -0.1) is 0 Å². The molecule has 1 unspecified atom stereocenters. The number of ether oxygens (including phenoxy) is 2. The molecule has 0 N–H and O–H groups in total. The van der Waals surface area contributed by atoms with E-state index < -0.39 is 5.60 Å². The summed E-state index contributed by atoms with van der Waals surface area (Å²) >= 11 is 0. The van der Waals surface area contributed by atoms with Gasteiger partial charge in [0.1, 0.15) is 5.60 Å². The van der Waals surface area contributed by atoms with Crippen LogP contribution < -0.4 is 0 Å². The summed E-state index contributed by atoms with van der Waals surface area (Å²) in [6, 6.07) is 0.200. The number of rotatable bonds is 4. The molecule has 1 atom stereocenters. The summed E-state index contributed by atoms with van der Waals surface area (Å²) in [6.07, 6.45) is 0.840. The van der Waals surface area contributed by atoms with E-state index in [1.807, 2.05) is 25.7 Å². The molecule has 19 heavy (non-hydrogen) atoms. The van der Waals surface area contributed by atoms with E-state index in [2.05, 4.69) is 11.8 Å². The van der Waals surface area contributed by atoms with E-state index in [1.54, 1.807) is 7.11 Å². The van der Waals surface area contributed by atoms with Gasteiger partial charge < -0.3 is 14.4 Å². The van der Waals surface area contributed by atoms with Crippen molar-refractivity contribution >= 4 is 6.09 Å². The van der Waals surface area contributed by atoms with Crippen molar-refractivity contribution in [3.8, 4) is 0 Å². The zero-order valence-electron chi connectivity index (χ0n) is 12.9. The maximum atomic E-state index is 12.1. The van der Waals surface area contributed by atoms with Gasteiger partial charge in [0.05, 0.1) is 0 Å². The van der Waals surface area contributed by atoms with Gasteiger partial charge >= 0.3 is 6.09 Å². The molecule has 112 valence electrons. The number of hydrogen-bond donors (Lipinski definition) is 0. The van der Waals surface area contributed by atoms with Gasteiger partial charge in [0.25, 0.3) is 0 Å². The molecule has 0 bridgehead atoms. The summed E-state index contributed by atoms with van der Waals surface area (Å²) in [5.74, 6) is 0. The second-order valence-electron chi connectivity index (χ2n) is 6.17. The summed E-state index contributed by atoms with van der Waals surface area (Å²) in [6.45, 7) is 12.1. The number of amides is 1. The van der Waals surface area contributed by atoms with Crippen LogP contribution in [0, 0.1) is 0 Å². The fourth-order valence-corrected chi connectivity index (χ4v) is 2.26. The van der Waals surface area contributed by atoms with Gasteiger partial charge in [0, 0.05) is 45.9 Å². The largest absolute Gasteiger partial charge is 0.444 e. The van der Waals surface area contributed by atoms with Gasteiger partial charge in [-0.2, -0.15) is 0 Å². The number of nitrogens with zero attached hydrogens (tertiary/aromatic N) is 2. The highest BCUT2D eigenvalue weighted by Gasteiger charge is 2.30. The number of hydrogen-bond acceptors (Lipinski definition) is 4. The van der Waals surface area contributed by atoms with Crippen LogP contribution in [0.1, 0.15) is 34.1 Å². The van der Waals surface area contributed by atoms with Crippen molar-refractivity contribution in [3.63, 3.8) is 0 Å². The predicted molar refractivity (Wildman–Crippen MR) is 75.3 cm³/mol. The topological polar surface area (TPSA) is 42.0 Å². The maximum absolute atomic E-state index is 12.1. The Balaban J connectivity index is 2.39. The molecular weight excluding hydrogens is 244 g/mol. The van der Waals surface area contributed by atoms with Crippen LogP contribution in [0.5, 0.6) is 0 Å². The fourth-order valence-electron chi connectivity index (χ4n) is 2.26. The molecule has 0 saturated carbocycles. The lowest BCUT2D eigenvalue weighted by molar-refractivity contribution is 0.000739. The van der Waals surface area contributed by atoms with E-state index in [-0.39, 0.29) is 12.1 Å². The quantitative estimate of drug-likeness (QED) is 0.734. The molecule has 1 fully saturated rings. The molecular formula is C14H28N2O3. The summed E-state index contributed by atoms with van der Waals surface area (Å²) in [4.78, 5) is 16.3. The van der Waals surface area contributed by atoms with Crippen LogP contribution in [-0.4, -0.2) is 67.4 Å². The van der Waals surface area contributed by atoms with Crippen molar-refractivity contribution in [2.24, 2.45) is 0 Å². The van der Waals surface area contributed by atoms with Crippen molar-refractivity contribution in [2.75, 3.05) is 39.9 Å². The van der Waals surface area contributed by atoms with Crippen molar-refractivity contribution in [2.45, 2.75) is 45.8 Å². The lowest BCUT2D eigenvalue weighted by Crippen LogP contribution is -2.55. The zero-order valence-corrected chi connectivity index (χ0v) is 12.9. The lowest BCUT2D eigenvalue weighted by atomic mass is 10.2. The monoisotopic (exact) mass is 272 g/mol. The molecule has 1 heterocycles. The van der Waals surface area contributed by atoms with Gasteiger partial charge in [-0.05, 0) is 34.1 Å².